The monoisotopic (exact) mass is 352 g/mol. The smallest absolute Gasteiger partial charge is 0.257 e. The number of nitrogens with zero attached hydrogens (tertiary/aromatic N) is 3. The highest BCUT2D eigenvalue weighted by Crippen LogP contribution is 2.28. The van der Waals surface area contributed by atoms with E-state index < -0.39 is 0 Å². The van der Waals surface area contributed by atoms with E-state index >= 15 is 0 Å². The van der Waals surface area contributed by atoms with E-state index in [2.05, 4.69) is 21.9 Å². The Hall–Kier alpha value is -3.22. The van der Waals surface area contributed by atoms with Crippen LogP contribution >= 0.6 is 0 Å². The zero-order valence-electron chi connectivity index (χ0n) is 14.3. The van der Waals surface area contributed by atoms with Crippen LogP contribution in [0, 0.1) is 0 Å². The molecule has 2 heterocycles. The number of aromatic nitrogens is 2. The van der Waals surface area contributed by atoms with E-state index in [1.165, 1.54) is 18.2 Å². The normalized spacial score (nSPS) is 14.7. The molecule has 0 spiro atoms. The Balaban J connectivity index is 1.69. The van der Waals surface area contributed by atoms with Crippen molar-refractivity contribution in [3.05, 3.63) is 60.7 Å². The largest absolute Gasteiger partial charge is 0.507 e. The molecule has 1 fully saturated rings. The summed E-state index contributed by atoms with van der Waals surface area (Å²) < 4.78 is 0. The number of anilines is 1. The minimum Gasteiger partial charge on any atom is -0.507 e. The summed E-state index contributed by atoms with van der Waals surface area (Å²) in [5.41, 5.74) is 0.602. The maximum Gasteiger partial charge on any atom is 0.257 e. The number of hydrogen-bond donors (Lipinski definition) is 2. The Bertz CT molecular complexity index is 815. The average molecular weight is 352 g/mol. The van der Waals surface area contributed by atoms with Gasteiger partial charge in [0.2, 0.25) is 5.91 Å². The third-order valence-electron chi connectivity index (χ3n) is 4.41. The number of carbonyl (C=O) groups excluding carboxylic acids is 2. The van der Waals surface area contributed by atoms with E-state index in [0.29, 0.717) is 18.8 Å². The van der Waals surface area contributed by atoms with E-state index in [4.69, 9.17) is 0 Å². The van der Waals surface area contributed by atoms with Gasteiger partial charge in [-0.25, -0.2) is 9.97 Å². The first kappa shape index (κ1) is 17.6. The van der Waals surface area contributed by atoms with Crippen LogP contribution in [0.2, 0.25) is 0 Å². The van der Waals surface area contributed by atoms with Crippen molar-refractivity contribution in [2.24, 2.45) is 0 Å². The summed E-state index contributed by atoms with van der Waals surface area (Å²) in [4.78, 5) is 34.5. The molecule has 0 saturated carbocycles. The van der Waals surface area contributed by atoms with Gasteiger partial charge in [-0.1, -0.05) is 6.58 Å². The number of phenols is 1. The topological polar surface area (TPSA) is 95.4 Å². The molecule has 7 nitrogen and oxygen atoms in total. The lowest BCUT2D eigenvalue weighted by Gasteiger charge is -2.31. The summed E-state index contributed by atoms with van der Waals surface area (Å²) in [7, 11) is 0. The maximum atomic E-state index is 12.8. The molecule has 3 rings (SSSR count). The van der Waals surface area contributed by atoms with Gasteiger partial charge >= 0.3 is 0 Å². The number of rotatable bonds is 4. The van der Waals surface area contributed by atoms with Gasteiger partial charge < -0.3 is 15.3 Å². The number of piperidine rings is 1. The van der Waals surface area contributed by atoms with Crippen LogP contribution in [0.1, 0.15) is 34.9 Å². The number of aromatic hydroxyl groups is 1. The summed E-state index contributed by atoms with van der Waals surface area (Å²) in [5, 5.41) is 12.6. The molecule has 7 heteroatoms. The summed E-state index contributed by atoms with van der Waals surface area (Å²) in [6.45, 7) is 4.51. The molecule has 134 valence electrons. The van der Waals surface area contributed by atoms with Gasteiger partial charge in [-0.15, -0.1) is 0 Å². The van der Waals surface area contributed by atoms with Gasteiger partial charge in [-0.05, 0) is 43.2 Å². The number of nitrogens with one attached hydrogen (secondary N) is 1. The lowest BCUT2D eigenvalue weighted by Crippen LogP contribution is -2.38. The van der Waals surface area contributed by atoms with Crippen molar-refractivity contribution in [2.75, 3.05) is 18.4 Å². The van der Waals surface area contributed by atoms with Gasteiger partial charge in [-0.2, -0.15) is 0 Å². The van der Waals surface area contributed by atoms with Crippen molar-refractivity contribution < 1.29 is 14.7 Å². The lowest BCUT2D eigenvalue weighted by molar-refractivity contribution is -0.111. The second-order valence-electron chi connectivity index (χ2n) is 6.10. The van der Waals surface area contributed by atoms with Gasteiger partial charge in [0.1, 0.15) is 11.6 Å². The fourth-order valence-corrected chi connectivity index (χ4v) is 3.01. The fraction of sp³-hybridized carbons (Fsp3) is 0.263. The second kappa shape index (κ2) is 7.77. The van der Waals surface area contributed by atoms with Crippen LogP contribution in [-0.4, -0.2) is 44.9 Å². The molecule has 2 amide bonds. The highest BCUT2D eigenvalue weighted by Gasteiger charge is 2.27. The Morgan fingerprint density at radius 1 is 1.23 bits per heavy atom. The Kier molecular flexibility index (Phi) is 5.26. The number of benzene rings is 1. The average Bonchev–Trinajstić information content (AvgIpc) is 2.69. The molecular formula is C19H20N4O3. The summed E-state index contributed by atoms with van der Waals surface area (Å²) in [5.74, 6) is 0.283. The number of likely N-dealkylation sites (tertiary alicyclic amines) is 1. The Morgan fingerprint density at radius 2 is 1.92 bits per heavy atom. The molecule has 0 unspecified atom stereocenters. The zero-order valence-corrected chi connectivity index (χ0v) is 14.3. The summed E-state index contributed by atoms with van der Waals surface area (Å²) in [6.07, 6.45) is 6.12. The number of phenolic OH excluding ortho intramolecular Hbond substituents is 1. The maximum absolute atomic E-state index is 12.8. The molecule has 2 aromatic rings. The lowest BCUT2D eigenvalue weighted by atomic mass is 9.95. The predicted molar refractivity (Wildman–Crippen MR) is 96.8 cm³/mol. The highest BCUT2D eigenvalue weighted by atomic mass is 16.3. The summed E-state index contributed by atoms with van der Waals surface area (Å²) in [6, 6.07) is 6.19. The van der Waals surface area contributed by atoms with Crippen molar-refractivity contribution in [1.29, 1.82) is 0 Å². The van der Waals surface area contributed by atoms with Crippen LogP contribution < -0.4 is 5.32 Å². The fourth-order valence-electron chi connectivity index (χ4n) is 3.01. The van der Waals surface area contributed by atoms with Gasteiger partial charge in [0.25, 0.3) is 5.91 Å². The van der Waals surface area contributed by atoms with E-state index in [1.807, 2.05) is 0 Å². The van der Waals surface area contributed by atoms with Crippen LogP contribution in [0.25, 0.3) is 0 Å². The Morgan fingerprint density at radius 3 is 2.58 bits per heavy atom. The molecule has 0 atom stereocenters. The van der Waals surface area contributed by atoms with E-state index in [0.717, 1.165) is 24.7 Å². The van der Waals surface area contributed by atoms with Crippen molar-refractivity contribution in [3.63, 3.8) is 0 Å². The molecule has 1 aliphatic heterocycles. The molecule has 0 bridgehead atoms. The number of amides is 2. The van der Waals surface area contributed by atoms with Crippen molar-refractivity contribution >= 4 is 17.5 Å². The first-order chi connectivity index (χ1) is 12.6. The zero-order chi connectivity index (χ0) is 18.5. The third-order valence-corrected chi connectivity index (χ3v) is 4.41. The van der Waals surface area contributed by atoms with Crippen LogP contribution in [0.5, 0.6) is 5.75 Å². The standard InChI is InChI=1S/C19H20N4O3/c1-2-17(25)22-14-4-5-16(24)15(12-14)19(26)23-10-6-13(7-11-23)18-20-8-3-9-21-18/h2-5,8-9,12-13,24H,1,6-7,10-11H2,(H,22,25). The quantitative estimate of drug-likeness (QED) is 0.650. The first-order valence-electron chi connectivity index (χ1n) is 8.41. The molecular weight excluding hydrogens is 332 g/mol. The number of hydrogen-bond acceptors (Lipinski definition) is 5. The van der Waals surface area contributed by atoms with E-state index in [-0.39, 0.29) is 29.0 Å². The van der Waals surface area contributed by atoms with Gasteiger partial charge in [0.05, 0.1) is 5.56 Å². The van der Waals surface area contributed by atoms with E-state index in [1.54, 1.807) is 23.4 Å². The Labute approximate surface area is 151 Å². The molecule has 1 aromatic carbocycles. The van der Waals surface area contributed by atoms with Gasteiger partial charge in [-0.3, -0.25) is 9.59 Å². The van der Waals surface area contributed by atoms with Gasteiger partial charge in [0.15, 0.2) is 0 Å². The van der Waals surface area contributed by atoms with Crippen molar-refractivity contribution in [1.82, 2.24) is 14.9 Å². The van der Waals surface area contributed by atoms with Crippen LogP contribution in [-0.2, 0) is 4.79 Å². The molecule has 0 aliphatic carbocycles. The van der Waals surface area contributed by atoms with Crippen LogP contribution in [0.4, 0.5) is 5.69 Å². The minimum absolute atomic E-state index is 0.111. The second-order valence-corrected chi connectivity index (χ2v) is 6.10. The van der Waals surface area contributed by atoms with Crippen LogP contribution in [0.15, 0.2) is 49.3 Å². The molecule has 1 aliphatic rings. The molecule has 26 heavy (non-hydrogen) atoms. The van der Waals surface area contributed by atoms with Gasteiger partial charge in [0, 0.05) is 37.1 Å². The predicted octanol–water partition coefficient (Wildman–Crippen LogP) is 2.33. The molecule has 1 aromatic heterocycles. The number of carbonyl (C=O) groups is 2. The molecule has 2 N–H and O–H groups in total. The highest BCUT2D eigenvalue weighted by molar-refractivity contribution is 6.02. The minimum atomic E-state index is -0.377. The van der Waals surface area contributed by atoms with Crippen LogP contribution in [0.3, 0.4) is 0 Å². The molecule has 1 saturated heterocycles. The third kappa shape index (κ3) is 3.88. The van der Waals surface area contributed by atoms with Crippen molar-refractivity contribution in [2.45, 2.75) is 18.8 Å². The summed E-state index contributed by atoms with van der Waals surface area (Å²) >= 11 is 0. The van der Waals surface area contributed by atoms with Crippen molar-refractivity contribution in [3.8, 4) is 5.75 Å². The van der Waals surface area contributed by atoms with E-state index in [9.17, 15) is 14.7 Å². The molecule has 0 radical (unpaired) electrons. The SMILES string of the molecule is C=CC(=O)Nc1ccc(O)c(C(=O)N2CCC(c3ncccn3)CC2)c1. The first-order valence-corrected chi connectivity index (χ1v) is 8.41.